The molecule has 1 N–H and O–H groups in total. The Morgan fingerprint density at radius 3 is 2.41 bits per heavy atom. The smallest absolute Gasteiger partial charge is 0.744 e. The van der Waals surface area contributed by atoms with Gasteiger partial charge in [0.1, 0.15) is 20.5 Å². The molecule has 1 heterocycles. The van der Waals surface area contributed by atoms with Crippen molar-refractivity contribution in [2.24, 2.45) is 0 Å². The molecule has 0 saturated carbocycles. The van der Waals surface area contributed by atoms with Crippen LogP contribution in [0.2, 0.25) is 0 Å². The fourth-order valence-corrected chi connectivity index (χ4v) is 3.11. The van der Waals surface area contributed by atoms with E-state index in [1.165, 1.54) is 6.07 Å². The van der Waals surface area contributed by atoms with E-state index in [-0.39, 0.29) is 46.0 Å². The van der Waals surface area contributed by atoms with Crippen LogP contribution in [-0.4, -0.2) is 36.3 Å². The van der Waals surface area contributed by atoms with Crippen LogP contribution in [0.25, 0.3) is 21.9 Å². The van der Waals surface area contributed by atoms with Crippen molar-refractivity contribution >= 4 is 42.1 Å². The summed E-state index contributed by atoms with van der Waals surface area (Å²) in [5, 5.41) is 7.19. The third-order valence-electron chi connectivity index (χ3n) is 2.84. The van der Waals surface area contributed by atoms with Gasteiger partial charge in [-0.2, -0.15) is 8.42 Å². The number of benzene rings is 2. The summed E-state index contributed by atoms with van der Waals surface area (Å²) in [7, 11) is -9.34. The van der Waals surface area contributed by atoms with E-state index in [4.69, 9.17) is 4.55 Å². The molecule has 1 aromatic heterocycles. The van der Waals surface area contributed by atoms with Crippen LogP contribution in [0, 0.1) is 0 Å². The number of hydrogen-bond donors (Lipinski definition) is 1. The molecule has 0 radical (unpaired) electrons. The van der Waals surface area contributed by atoms with Gasteiger partial charge in [-0.15, -0.1) is 5.10 Å². The van der Waals surface area contributed by atoms with Gasteiger partial charge in [-0.25, -0.2) is 8.42 Å². The molecule has 22 heavy (non-hydrogen) atoms. The maximum Gasteiger partial charge on any atom is 1.00 e. The molecule has 0 amide bonds. The molecule has 0 aliphatic carbocycles. The molecule has 3 rings (SSSR count). The molecular formula is C10H5N2NaO7S2. The second kappa shape index (κ2) is 5.53. The largest absolute Gasteiger partial charge is 1.00 e. The zero-order valence-corrected chi connectivity index (χ0v) is 14.6. The Kier molecular flexibility index (Phi) is 4.34. The molecule has 0 saturated heterocycles. The van der Waals surface area contributed by atoms with Crippen LogP contribution in [0.3, 0.4) is 0 Å². The van der Waals surface area contributed by atoms with Gasteiger partial charge in [0, 0.05) is 10.7 Å². The molecular weight excluding hydrogens is 347 g/mol. The molecule has 0 unspecified atom stereocenters. The first-order valence-corrected chi connectivity index (χ1v) is 8.15. The first kappa shape index (κ1) is 17.3. The molecule has 110 valence electrons. The number of aromatic nitrogens is 2. The summed E-state index contributed by atoms with van der Waals surface area (Å²) in [6, 6.07) is 4.37. The molecule has 0 spiro atoms. The Morgan fingerprint density at radius 2 is 1.82 bits per heavy atom. The summed E-state index contributed by atoms with van der Waals surface area (Å²) in [5.41, 5.74) is -0.305. The van der Waals surface area contributed by atoms with Crippen molar-refractivity contribution in [2.45, 2.75) is 9.79 Å². The fraction of sp³-hybridized carbons (Fsp3) is 0. The van der Waals surface area contributed by atoms with Gasteiger partial charge in [-0.05, 0) is 23.6 Å². The predicted molar refractivity (Wildman–Crippen MR) is 67.1 cm³/mol. The number of nitrogens with zero attached hydrogens (tertiary/aromatic N) is 2. The average molecular weight is 352 g/mol. The van der Waals surface area contributed by atoms with Crippen LogP contribution in [0.4, 0.5) is 0 Å². The van der Waals surface area contributed by atoms with Crippen LogP contribution in [0.15, 0.2) is 38.6 Å². The third-order valence-corrected chi connectivity index (χ3v) is 4.54. The number of rotatable bonds is 2. The zero-order chi connectivity index (χ0) is 15.4. The van der Waals surface area contributed by atoms with Gasteiger partial charge in [-0.3, -0.25) is 4.55 Å². The summed E-state index contributed by atoms with van der Waals surface area (Å²) in [4.78, 5) is -1.15. The summed E-state index contributed by atoms with van der Waals surface area (Å²) in [5.74, 6) is 0. The van der Waals surface area contributed by atoms with Gasteiger partial charge in [0.2, 0.25) is 5.58 Å². The van der Waals surface area contributed by atoms with Crippen molar-refractivity contribution in [3.8, 4) is 0 Å². The standard InChI is InChI=1S/C10H6N2O7S2.Na/c13-20(14,15)6-1-2-7-5(3-6)4-8(21(16,17)18)10-9(7)11-12-19-10;/h1-4H,(H,13,14,15)(H,16,17,18);/q;+1/p-1. The van der Waals surface area contributed by atoms with Crippen LogP contribution in [0.1, 0.15) is 0 Å². The van der Waals surface area contributed by atoms with Crippen LogP contribution in [-0.2, 0) is 20.2 Å². The topological polar surface area (TPSA) is 150 Å². The van der Waals surface area contributed by atoms with Gasteiger partial charge in [-0.1, -0.05) is 6.07 Å². The van der Waals surface area contributed by atoms with Crippen LogP contribution < -0.4 is 29.6 Å². The average Bonchev–Trinajstić information content (AvgIpc) is 2.83. The van der Waals surface area contributed by atoms with E-state index >= 15 is 0 Å². The monoisotopic (exact) mass is 352 g/mol. The van der Waals surface area contributed by atoms with E-state index in [2.05, 4.69) is 14.9 Å². The quantitative estimate of drug-likeness (QED) is 0.391. The van der Waals surface area contributed by atoms with Crippen molar-refractivity contribution < 1.29 is 60.0 Å². The normalized spacial score (nSPS) is 12.5. The van der Waals surface area contributed by atoms with Gasteiger partial charge in [0.05, 0.1) is 4.90 Å². The first-order valence-electron chi connectivity index (χ1n) is 5.30. The SMILES string of the molecule is O=S(=O)([O-])c1cc2cc(S(=O)(=O)O)ccc2c2nnoc12.[Na+]. The molecule has 9 nitrogen and oxygen atoms in total. The van der Waals surface area contributed by atoms with Crippen molar-refractivity contribution in [1.82, 2.24) is 10.4 Å². The van der Waals surface area contributed by atoms with E-state index in [0.717, 1.165) is 18.2 Å². The fourth-order valence-electron chi connectivity index (χ4n) is 1.96. The molecule has 0 aliphatic heterocycles. The number of fused-ring (bicyclic) bond motifs is 3. The van der Waals surface area contributed by atoms with Gasteiger partial charge < -0.3 is 9.08 Å². The molecule has 0 atom stereocenters. The van der Waals surface area contributed by atoms with Gasteiger partial charge >= 0.3 is 29.6 Å². The second-order valence-electron chi connectivity index (χ2n) is 4.14. The van der Waals surface area contributed by atoms with Crippen molar-refractivity contribution in [3.63, 3.8) is 0 Å². The van der Waals surface area contributed by atoms with Crippen molar-refractivity contribution in [2.75, 3.05) is 0 Å². The maximum atomic E-state index is 11.2. The maximum absolute atomic E-state index is 11.2. The molecule has 12 heteroatoms. The minimum absolute atomic E-state index is 0. The van der Waals surface area contributed by atoms with Gasteiger partial charge in [0.15, 0.2) is 0 Å². The van der Waals surface area contributed by atoms with E-state index in [1.807, 2.05) is 0 Å². The molecule has 0 fully saturated rings. The molecule has 3 aromatic rings. The van der Waals surface area contributed by atoms with E-state index in [9.17, 15) is 21.4 Å². The van der Waals surface area contributed by atoms with Crippen LogP contribution >= 0.6 is 0 Å². The zero-order valence-electron chi connectivity index (χ0n) is 10.9. The Hall–Kier alpha value is -1.08. The molecule has 0 aliphatic rings. The Bertz CT molecular complexity index is 1090. The first-order chi connectivity index (χ1) is 9.68. The van der Waals surface area contributed by atoms with Gasteiger partial charge in [0.25, 0.3) is 10.1 Å². The Balaban J connectivity index is 0.00000176. The second-order valence-corrected chi connectivity index (χ2v) is 6.91. The van der Waals surface area contributed by atoms with Crippen molar-refractivity contribution in [3.05, 3.63) is 24.3 Å². The van der Waals surface area contributed by atoms with Crippen LogP contribution in [0.5, 0.6) is 0 Å². The Labute approximate surface area is 146 Å². The molecule has 0 bridgehead atoms. The predicted octanol–water partition coefficient (Wildman–Crippen LogP) is -2.47. The summed E-state index contributed by atoms with van der Waals surface area (Å²) >= 11 is 0. The van der Waals surface area contributed by atoms with E-state index < -0.39 is 30.0 Å². The van der Waals surface area contributed by atoms with Crippen molar-refractivity contribution in [1.29, 1.82) is 0 Å². The minimum Gasteiger partial charge on any atom is -0.744 e. The summed E-state index contributed by atoms with van der Waals surface area (Å²) < 4.78 is 69.6. The third kappa shape index (κ3) is 2.88. The molecule has 2 aromatic carbocycles. The minimum atomic E-state index is -4.87. The number of hydrogen-bond acceptors (Lipinski definition) is 8. The van der Waals surface area contributed by atoms with E-state index in [1.54, 1.807) is 0 Å². The Morgan fingerprint density at radius 1 is 1.14 bits per heavy atom. The van der Waals surface area contributed by atoms with E-state index in [0.29, 0.717) is 5.39 Å². The summed E-state index contributed by atoms with van der Waals surface area (Å²) in [6.07, 6.45) is 0. The summed E-state index contributed by atoms with van der Waals surface area (Å²) in [6.45, 7) is 0.